The molecule has 0 saturated heterocycles. The van der Waals surface area contributed by atoms with E-state index in [0.717, 1.165) is 25.7 Å². The molecule has 0 bridgehead atoms. The van der Waals surface area contributed by atoms with Gasteiger partial charge in [0.15, 0.2) is 0 Å². The summed E-state index contributed by atoms with van der Waals surface area (Å²) >= 11 is 0. The zero-order valence-corrected chi connectivity index (χ0v) is 9.78. The molecule has 0 amide bonds. The number of rotatable bonds is 4. The van der Waals surface area contributed by atoms with Crippen LogP contribution in [0.2, 0.25) is 0 Å². The van der Waals surface area contributed by atoms with Gasteiger partial charge in [-0.1, -0.05) is 6.92 Å². The van der Waals surface area contributed by atoms with Gasteiger partial charge in [0, 0.05) is 0 Å². The Morgan fingerprint density at radius 3 is 2.62 bits per heavy atom. The van der Waals surface area contributed by atoms with E-state index in [1.807, 2.05) is 6.92 Å². The van der Waals surface area contributed by atoms with Gasteiger partial charge in [-0.15, -0.1) is 0 Å². The van der Waals surface area contributed by atoms with Crippen molar-refractivity contribution in [2.24, 2.45) is 23.0 Å². The molecule has 0 aromatic rings. The van der Waals surface area contributed by atoms with Crippen molar-refractivity contribution in [3.8, 4) is 0 Å². The average Bonchev–Trinajstić information content (AvgIpc) is 2.50. The zero-order chi connectivity index (χ0) is 12.0. The predicted molar refractivity (Wildman–Crippen MR) is 59.8 cm³/mol. The van der Waals surface area contributed by atoms with Gasteiger partial charge in [0.1, 0.15) is 0 Å². The first-order chi connectivity index (χ1) is 7.45. The minimum atomic E-state index is -0.768. The Morgan fingerprint density at radius 2 is 2.12 bits per heavy atom. The molecule has 4 atom stereocenters. The van der Waals surface area contributed by atoms with Crippen molar-refractivity contribution in [1.82, 2.24) is 0 Å². The van der Waals surface area contributed by atoms with E-state index in [-0.39, 0.29) is 11.8 Å². The first kappa shape index (κ1) is 11.9. The number of carbonyl (C=O) groups is 1. The highest BCUT2D eigenvalue weighted by atomic mass is 16.4. The van der Waals surface area contributed by atoms with Crippen molar-refractivity contribution in [2.75, 3.05) is 6.54 Å². The van der Waals surface area contributed by atoms with Gasteiger partial charge in [-0.25, -0.2) is 0 Å². The molecule has 1 unspecified atom stereocenters. The molecule has 0 radical (unpaired) electrons. The van der Waals surface area contributed by atoms with E-state index in [1.165, 1.54) is 0 Å². The average molecular weight is 227 g/mol. The van der Waals surface area contributed by atoms with Crippen LogP contribution in [-0.2, 0) is 4.79 Å². The van der Waals surface area contributed by atoms with Gasteiger partial charge in [0.25, 0.3) is 0 Å². The SMILES string of the molecule is CCC1(O)C[C@H]2C[C@@](CN)(CC(=O)O)[C@H]2C1. The second kappa shape index (κ2) is 3.70. The zero-order valence-electron chi connectivity index (χ0n) is 9.78. The first-order valence-corrected chi connectivity index (χ1v) is 6.09. The number of hydrogen-bond donors (Lipinski definition) is 3. The van der Waals surface area contributed by atoms with E-state index in [9.17, 15) is 9.90 Å². The fourth-order valence-electron chi connectivity index (χ4n) is 3.83. The van der Waals surface area contributed by atoms with Crippen LogP contribution in [0.1, 0.15) is 39.0 Å². The molecule has 4 N–H and O–H groups in total. The third kappa shape index (κ3) is 1.64. The lowest BCUT2D eigenvalue weighted by Gasteiger charge is -2.51. The highest BCUT2D eigenvalue weighted by molar-refractivity contribution is 5.68. The molecule has 92 valence electrons. The summed E-state index contributed by atoms with van der Waals surface area (Å²) in [6.07, 6.45) is 3.36. The minimum absolute atomic E-state index is 0.157. The van der Waals surface area contributed by atoms with E-state index >= 15 is 0 Å². The lowest BCUT2D eigenvalue weighted by Crippen LogP contribution is -2.51. The molecule has 2 fully saturated rings. The fourth-order valence-corrected chi connectivity index (χ4v) is 3.83. The number of nitrogens with two attached hydrogens (primary N) is 1. The van der Waals surface area contributed by atoms with Crippen molar-refractivity contribution < 1.29 is 15.0 Å². The number of fused-ring (bicyclic) bond motifs is 1. The third-order valence-corrected chi connectivity index (χ3v) is 4.83. The molecule has 0 aromatic carbocycles. The van der Waals surface area contributed by atoms with E-state index in [2.05, 4.69) is 0 Å². The van der Waals surface area contributed by atoms with Gasteiger partial charge in [-0.2, -0.15) is 0 Å². The molecule has 2 rings (SSSR count). The largest absolute Gasteiger partial charge is 0.481 e. The van der Waals surface area contributed by atoms with Gasteiger partial charge in [-0.05, 0) is 49.5 Å². The second-order valence-electron chi connectivity index (χ2n) is 5.69. The van der Waals surface area contributed by atoms with E-state index in [1.54, 1.807) is 0 Å². The Bertz CT molecular complexity index is 307. The van der Waals surface area contributed by atoms with Crippen LogP contribution >= 0.6 is 0 Å². The van der Waals surface area contributed by atoms with Gasteiger partial charge in [0.05, 0.1) is 12.0 Å². The van der Waals surface area contributed by atoms with Crippen molar-refractivity contribution in [2.45, 2.75) is 44.6 Å². The van der Waals surface area contributed by atoms with Gasteiger partial charge >= 0.3 is 5.97 Å². The molecule has 2 aliphatic rings. The van der Waals surface area contributed by atoms with Crippen molar-refractivity contribution in [1.29, 1.82) is 0 Å². The molecule has 4 nitrogen and oxygen atoms in total. The van der Waals surface area contributed by atoms with E-state index in [4.69, 9.17) is 10.8 Å². The molecule has 2 aliphatic carbocycles. The lowest BCUT2D eigenvalue weighted by atomic mass is 9.53. The summed E-state index contributed by atoms with van der Waals surface area (Å²) in [6.45, 7) is 2.42. The van der Waals surface area contributed by atoms with Crippen LogP contribution in [0.5, 0.6) is 0 Å². The Morgan fingerprint density at radius 1 is 1.44 bits per heavy atom. The Hall–Kier alpha value is -0.610. The van der Waals surface area contributed by atoms with Crippen LogP contribution in [0.4, 0.5) is 0 Å². The van der Waals surface area contributed by atoms with Crippen LogP contribution in [0.25, 0.3) is 0 Å². The summed E-state index contributed by atoms with van der Waals surface area (Å²) in [4.78, 5) is 10.9. The number of carboxylic acids is 1. The van der Waals surface area contributed by atoms with Crippen LogP contribution in [0.15, 0.2) is 0 Å². The molecule has 16 heavy (non-hydrogen) atoms. The van der Waals surface area contributed by atoms with Gasteiger partial charge in [0.2, 0.25) is 0 Å². The molecule has 0 aliphatic heterocycles. The number of carboxylic acid groups (broad SMARTS) is 1. The maximum absolute atomic E-state index is 10.9. The maximum atomic E-state index is 10.9. The van der Waals surface area contributed by atoms with Crippen LogP contribution in [0.3, 0.4) is 0 Å². The molecule has 0 heterocycles. The summed E-state index contributed by atoms with van der Waals surface area (Å²) in [5, 5.41) is 19.2. The molecule has 2 saturated carbocycles. The minimum Gasteiger partial charge on any atom is -0.481 e. The van der Waals surface area contributed by atoms with Crippen molar-refractivity contribution in [3.05, 3.63) is 0 Å². The summed E-state index contributed by atoms with van der Waals surface area (Å²) < 4.78 is 0. The molecular weight excluding hydrogens is 206 g/mol. The monoisotopic (exact) mass is 227 g/mol. The first-order valence-electron chi connectivity index (χ1n) is 6.09. The van der Waals surface area contributed by atoms with E-state index < -0.39 is 11.6 Å². The quantitative estimate of drug-likeness (QED) is 0.668. The number of hydrogen-bond acceptors (Lipinski definition) is 3. The van der Waals surface area contributed by atoms with E-state index in [0.29, 0.717) is 18.4 Å². The van der Waals surface area contributed by atoms with Gasteiger partial charge in [-0.3, -0.25) is 4.79 Å². The van der Waals surface area contributed by atoms with Gasteiger partial charge < -0.3 is 15.9 Å². The second-order valence-corrected chi connectivity index (χ2v) is 5.69. The molecular formula is C12H21NO3. The molecule has 4 heteroatoms. The molecule has 0 aromatic heterocycles. The Kier molecular flexibility index (Phi) is 2.75. The number of aliphatic carboxylic acids is 1. The number of aliphatic hydroxyl groups is 1. The summed E-state index contributed by atoms with van der Waals surface area (Å²) in [5.74, 6) is 0.0437. The predicted octanol–water partition coefficient (Wildman–Crippen LogP) is 0.977. The maximum Gasteiger partial charge on any atom is 0.303 e. The topological polar surface area (TPSA) is 83.5 Å². The van der Waals surface area contributed by atoms with Crippen LogP contribution in [-0.4, -0.2) is 28.3 Å². The molecule has 0 spiro atoms. The lowest BCUT2D eigenvalue weighted by molar-refractivity contribution is -0.145. The third-order valence-electron chi connectivity index (χ3n) is 4.83. The Balaban J connectivity index is 2.09. The van der Waals surface area contributed by atoms with Crippen molar-refractivity contribution >= 4 is 5.97 Å². The smallest absolute Gasteiger partial charge is 0.303 e. The Labute approximate surface area is 95.8 Å². The van der Waals surface area contributed by atoms with Crippen LogP contribution in [0, 0.1) is 17.3 Å². The summed E-state index contributed by atoms with van der Waals surface area (Å²) in [5.41, 5.74) is 4.95. The fraction of sp³-hybridized carbons (Fsp3) is 0.917. The highest BCUT2D eigenvalue weighted by Crippen LogP contribution is 2.63. The summed E-state index contributed by atoms with van der Waals surface area (Å²) in [7, 11) is 0. The summed E-state index contributed by atoms with van der Waals surface area (Å²) in [6, 6.07) is 0. The normalized spacial score (nSPS) is 46.2. The van der Waals surface area contributed by atoms with Crippen molar-refractivity contribution in [3.63, 3.8) is 0 Å². The van der Waals surface area contributed by atoms with Crippen LogP contribution < -0.4 is 5.73 Å². The standard InChI is InChI=1S/C12H21NO3/c1-2-12(16)4-8-3-11(7-13,6-10(14)15)9(8)5-12/h8-9,16H,2-7,13H2,1H3,(H,14,15)/t8-,9+,11+,12?/m1/s1. The highest BCUT2D eigenvalue weighted by Gasteiger charge is 2.60.